The Morgan fingerprint density at radius 1 is 1.12 bits per heavy atom. The number of para-hydroxylation sites is 1. The van der Waals surface area contributed by atoms with Crippen LogP contribution in [-0.4, -0.2) is 35.2 Å². The van der Waals surface area contributed by atoms with E-state index in [0.29, 0.717) is 10.7 Å². The lowest BCUT2D eigenvalue weighted by Gasteiger charge is -2.21. The van der Waals surface area contributed by atoms with Gasteiger partial charge in [0.15, 0.2) is 0 Å². The molecule has 0 amide bonds. The largest absolute Gasteiger partial charge is 0.480 e. The van der Waals surface area contributed by atoms with Gasteiger partial charge in [-0.05, 0) is 12.1 Å². The topological polar surface area (TPSA) is 77.8 Å². The number of carbonyl (C=O) groups is 2. The van der Waals surface area contributed by atoms with Gasteiger partial charge < -0.3 is 15.1 Å². The Morgan fingerprint density at radius 2 is 1.62 bits per heavy atom. The van der Waals surface area contributed by atoms with Crippen molar-refractivity contribution in [1.29, 1.82) is 0 Å². The first kappa shape index (κ1) is 12.3. The molecule has 0 saturated heterocycles. The molecule has 5 nitrogen and oxygen atoms in total. The number of nitrogens with zero attached hydrogens (tertiary/aromatic N) is 1. The number of halogens is 1. The van der Waals surface area contributed by atoms with Crippen LogP contribution in [-0.2, 0) is 9.59 Å². The van der Waals surface area contributed by atoms with Gasteiger partial charge in [-0.25, -0.2) is 0 Å². The number of hydrogen-bond donors (Lipinski definition) is 2. The summed E-state index contributed by atoms with van der Waals surface area (Å²) in [7, 11) is 0. The van der Waals surface area contributed by atoms with Crippen molar-refractivity contribution in [2.75, 3.05) is 18.0 Å². The molecule has 0 aliphatic heterocycles. The van der Waals surface area contributed by atoms with Gasteiger partial charge in [0.05, 0.1) is 10.7 Å². The quantitative estimate of drug-likeness (QED) is 0.815. The molecule has 1 rings (SSSR count). The third kappa shape index (κ3) is 3.43. The van der Waals surface area contributed by atoms with Crippen molar-refractivity contribution in [2.45, 2.75) is 0 Å². The van der Waals surface area contributed by atoms with Crippen LogP contribution in [0, 0.1) is 0 Å². The Kier molecular flexibility index (Phi) is 4.13. The average molecular weight is 244 g/mol. The van der Waals surface area contributed by atoms with Crippen LogP contribution in [0.25, 0.3) is 0 Å². The van der Waals surface area contributed by atoms with Gasteiger partial charge in [-0.3, -0.25) is 9.59 Å². The highest BCUT2D eigenvalue weighted by Gasteiger charge is 2.16. The van der Waals surface area contributed by atoms with E-state index in [-0.39, 0.29) is 0 Å². The van der Waals surface area contributed by atoms with Crippen molar-refractivity contribution in [3.63, 3.8) is 0 Å². The fourth-order valence-corrected chi connectivity index (χ4v) is 1.52. The lowest BCUT2D eigenvalue weighted by atomic mass is 10.3. The van der Waals surface area contributed by atoms with Crippen LogP contribution in [0.2, 0.25) is 5.02 Å². The number of aliphatic carboxylic acids is 2. The summed E-state index contributed by atoms with van der Waals surface area (Å²) in [6.07, 6.45) is 0. The van der Waals surface area contributed by atoms with Crippen molar-refractivity contribution in [2.24, 2.45) is 0 Å². The zero-order valence-corrected chi connectivity index (χ0v) is 9.02. The zero-order valence-electron chi connectivity index (χ0n) is 8.26. The SMILES string of the molecule is O=C(O)CN(CC(=O)O)c1ccccc1Cl. The Balaban J connectivity index is 2.96. The summed E-state index contributed by atoms with van der Waals surface area (Å²) >= 11 is 5.86. The highest BCUT2D eigenvalue weighted by Crippen LogP contribution is 2.24. The summed E-state index contributed by atoms with van der Waals surface area (Å²) in [6.45, 7) is -0.813. The molecule has 0 aliphatic carbocycles. The molecule has 1 aromatic rings. The normalized spacial score (nSPS) is 9.81. The molecule has 0 atom stereocenters. The molecule has 0 aromatic heterocycles. The maximum atomic E-state index is 10.6. The van der Waals surface area contributed by atoms with Crippen LogP contribution in [0.15, 0.2) is 24.3 Å². The number of anilines is 1. The lowest BCUT2D eigenvalue weighted by Crippen LogP contribution is -2.34. The molecule has 86 valence electrons. The van der Waals surface area contributed by atoms with Gasteiger partial charge in [-0.1, -0.05) is 23.7 Å². The smallest absolute Gasteiger partial charge is 0.323 e. The van der Waals surface area contributed by atoms with Gasteiger partial charge in [-0.2, -0.15) is 0 Å². The second-order valence-electron chi connectivity index (χ2n) is 3.09. The second kappa shape index (κ2) is 5.37. The summed E-state index contributed by atoms with van der Waals surface area (Å²) in [5.41, 5.74) is 0.397. The molecule has 0 radical (unpaired) electrons. The Bertz CT molecular complexity index is 392. The van der Waals surface area contributed by atoms with E-state index < -0.39 is 25.0 Å². The fourth-order valence-electron chi connectivity index (χ4n) is 1.26. The fraction of sp³-hybridized carbons (Fsp3) is 0.200. The first-order valence-electron chi connectivity index (χ1n) is 4.43. The van der Waals surface area contributed by atoms with Crippen molar-refractivity contribution in [3.8, 4) is 0 Å². The monoisotopic (exact) mass is 243 g/mol. The van der Waals surface area contributed by atoms with E-state index >= 15 is 0 Å². The third-order valence-electron chi connectivity index (χ3n) is 1.85. The van der Waals surface area contributed by atoms with Gasteiger partial charge in [0.2, 0.25) is 0 Å². The van der Waals surface area contributed by atoms with Crippen LogP contribution in [0.1, 0.15) is 0 Å². The third-order valence-corrected chi connectivity index (χ3v) is 2.16. The highest BCUT2D eigenvalue weighted by atomic mass is 35.5. The Labute approximate surface area is 96.9 Å². The summed E-state index contributed by atoms with van der Waals surface area (Å²) in [5, 5.41) is 17.7. The molecule has 0 aliphatic rings. The van der Waals surface area contributed by atoms with E-state index in [0.717, 1.165) is 0 Å². The molecule has 0 unspecified atom stereocenters. The van der Waals surface area contributed by atoms with Gasteiger partial charge in [-0.15, -0.1) is 0 Å². The average Bonchev–Trinajstić information content (AvgIpc) is 2.15. The van der Waals surface area contributed by atoms with Crippen LogP contribution >= 0.6 is 11.6 Å². The molecule has 0 saturated carbocycles. The number of carboxylic acid groups (broad SMARTS) is 2. The maximum Gasteiger partial charge on any atom is 0.323 e. The van der Waals surface area contributed by atoms with Gasteiger partial charge in [0.1, 0.15) is 13.1 Å². The van der Waals surface area contributed by atoms with Crippen molar-refractivity contribution >= 4 is 29.2 Å². The Hall–Kier alpha value is -1.75. The van der Waals surface area contributed by atoms with E-state index in [1.165, 1.54) is 4.90 Å². The van der Waals surface area contributed by atoms with E-state index in [4.69, 9.17) is 21.8 Å². The van der Waals surface area contributed by atoms with Crippen LogP contribution in [0.4, 0.5) is 5.69 Å². The number of rotatable bonds is 5. The summed E-state index contributed by atoms with van der Waals surface area (Å²) in [4.78, 5) is 22.4. The van der Waals surface area contributed by atoms with Crippen LogP contribution < -0.4 is 4.90 Å². The molecule has 0 fully saturated rings. The first-order valence-corrected chi connectivity index (χ1v) is 4.81. The van der Waals surface area contributed by atoms with Crippen molar-refractivity contribution in [3.05, 3.63) is 29.3 Å². The predicted octanol–water partition coefficient (Wildman–Crippen LogP) is 1.32. The zero-order chi connectivity index (χ0) is 12.1. The minimum absolute atomic E-state index is 0.324. The van der Waals surface area contributed by atoms with Crippen LogP contribution in [0.5, 0.6) is 0 Å². The van der Waals surface area contributed by atoms with Gasteiger partial charge in [0, 0.05) is 0 Å². The summed E-state index contributed by atoms with van der Waals surface area (Å²) < 4.78 is 0. The maximum absolute atomic E-state index is 10.6. The number of hydrogen-bond acceptors (Lipinski definition) is 3. The first-order chi connectivity index (χ1) is 7.50. The highest BCUT2D eigenvalue weighted by molar-refractivity contribution is 6.33. The van der Waals surface area contributed by atoms with Crippen molar-refractivity contribution < 1.29 is 19.8 Å². The minimum atomic E-state index is -1.11. The van der Waals surface area contributed by atoms with E-state index in [1.807, 2.05) is 0 Å². The van der Waals surface area contributed by atoms with E-state index in [1.54, 1.807) is 24.3 Å². The van der Waals surface area contributed by atoms with Gasteiger partial charge in [0.25, 0.3) is 0 Å². The molecule has 6 heteroatoms. The molecule has 1 aromatic carbocycles. The number of carboxylic acids is 2. The van der Waals surface area contributed by atoms with E-state index in [9.17, 15) is 9.59 Å². The van der Waals surface area contributed by atoms with E-state index in [2.05, 4.69) is 0 Å². The second-order valence-corrected chi connectivity index (χ2v) is 3.50. The van der Waals surface area contributed by atoms with Crippen LogP contribution in [0.3, 0.4) is 0 Å². The molecule has 2 N–H and O–H groups in total. The molecule has 0 heterocycles. The molecular formula is C10H10ClNO4. The van der Waals surface area contributed by atoms with Gasteiger partial charge >= 0.3 is 11.9 Å². The molecule has 16 heavy (non-hydrogen) atoms. The standard InChI is InChI=1S/C10H10ClNO4/c11-7-3-1-2-4-8(7)12(5-9(13)14)6-10(15)16/h1-4H,5-6H2,(H,13,14)(H,15,16). The number of benzene rings is 1. The summed E-state index contributed by atoms with van der Waals surface area (Å²) in [6, 6.07) is 6.51. The predicted molar refractivity (Wildman–Crippen MR) is 58.9 cm³/mol. The summed E-state index contributed by atoms with van der Waals surface area (Å²) in [5.74, 6) is -2.22. The lowest BCUT2D eigenvalue weighted by molar-refractivity contribution is -0.136. The Morgan fingerprint density at radius 3 is 2.06 bits per heavy atom. The minimum Gasteiger partial charge on any atom is -0.480 e. The molecular weight excluding hydrogens is 234 g/mol. The molecule has 0 bridgehead atoms. The van der Waals surface area contributed by atoms with Crippen molar-refractivity contribution in [1.82, 2.24) is 0 Å². The molecule has 0 spiro atoms.